The first-order valence-corrected chi connectivity index (χ1v) is 4.74. The number of carbonyl (C=O) groups excluding carboxylic acids is 1. The second-order valence-electron chi connectivity index (χ2n) is 3.29. The molecule has 3 nitrogen and oxygen atoms in total. The van der Waals surface area contributed by atoms with Gasteiger partial charge in [-0.05, 0) is 19.1 Å². The molecule has 0 radical (unpaired) electrons. The predicted octanol–water partition coefficient (Wildman–Crippen LogP) is 2.49. The van der Waals surface area contributed by atoms with E-state index in [2.05, 4.69) is 0 Å². The van der Waals surface area contributed by atoms with Gasteiger partial charge in [0.25, 0.3) is 0 Å². The molecule has 0 aromatic heterocycles. The molecule has 0 heterocycles. The van der Waals surface area contributed by atoms with Crippen molar-refractivity contribution >= 4 is 5.78 Å². The van der Waals surface area contributed by atoms with E-state index in [4.69, 9.17) is 10.00 Å². The molecular formula is C12H13NO2. The standard InChI is InChI=1S/C12H13NO2/c1-9-5-6-12(15-2)10(8-9)11(14)4-3-7-13/h5-6,8H,3-4H2,1-2H3. The van der Waals surface area contributed by atoms with Crippen LogP contribution in [0.25, 0.3) is 0 Å². The normalized spacial score (nSPS) is 9.40. The number of hydrogen-bond donors (Lipinski definition) is 0. The smallest absolute Gasteiger partial charge is 0.167 e. The monoisotopic (exact) mass is 203 g/mol. The van der Waals surface area contributed by atoms with Crippen molar-refractivity contribution in [2.45, 2.75) is 19.8 Å². The van der Waals surface area contributed by atoms with Gasteiger partial charge in [-0.1, -0.05) is 11.6 Å². The molecule has 0 N–H and O–H groups in total. The van der Waals surface area contributed by atoms with Crippen LogP contribution in [0.15, 0.2) is 18.2 Å². The maximum absolute atomic E-state index is 11.7. The number of hydrogen-bond acceptors (Lipinski definition) is 3. The Morgan fingerprint density at radius 1 is 1.53 bits per heavy atom. The maximum Gasteiger partial charge on any atom is 0.167 e. The van der Waals surface area contributed by atoms with Gasteiger partial charge in [0.2, 0.25) is 0 Å². The molecule has 0 atom stereocenters. The zero-order chi connectivity index (χ0) is 11.3. The summed E-state index contributed by atoms with van der Waals surface area (Å²) < 4.78 is 5.10. The van der Waals surface area contributed by atoms with E-state index in [-0.39, 0.29) is 18.6 Å². The Kier molecular flexibility index (Phi) is 3.87. The highest BCUT2D eigenvalue weighted by Crippen LogP contribution is 2.21. The minimum atomic E-state index is -0.0444. The lowest BCUT2D eigenvalue weighted by Gasteiger charge is -2.07. The van der Waals surface area contributed by atoms with Crippen LogP contribution in [0.4, 0.5) is 0 Å². The van der Waals surface area contributed by atoms with Crippen LogP contribution in [0.2, 0.25) is 0 Å². The van der Waals surface area contributed by atoms with Crippen LogP contribution in [-0.2, 0) is 0 Å². The summed E-state index contributed by atoms with van der Waals surface area (Å²) in [6.07, 6.45) is 0.492. The van der Waals surface area contributed by atoms with Gasteiger partial charge in [-0.3, -0.25) is 4.79 Å². The Hall–Kier alpha value is -1.82. The zero-order valence-electron chi connectivity index (χ0n) is 8.91. The second kappa shape index (κ2) is 5.16. The summed E-state index contributed by atoms with van der Waals surface area (Å²) in [6.45, 7) is 1.92. The molecule has 15 heavy (non-hydrogen) atoms. The van der Waals surface area contributed by atoms with Crippen molar-refractivity contribution in [3.05, 3.63) is 29.3 Å². The van der Waals surface area contributed by atoms with E-state index in [0.717, 1.165) is 5.56 Å². The van der Waals surface area contributed by atoms with Gasteiger partial charge >= 0.3 is 0 Å². The molecular weight excluding hydrogens is 190 g/mol. The molecule has 0 unspecified atom stereocenters. The molecule has 0 spiro atoms. The highest BCUT2D eigenvalue weighted by molar-refractivity contribution is 5.98. The fourth-order valence-electron chi connectivity index (χ4n) is 1.34. The molecule has 0 aliphatic heterocycles. The fourth-order valence-corrected chi connectivity index (χ4v) is 1.34. The Morgan fingerprint density at radius 2 is 2.27 bits per heavy atom. The van der Waals surface area contributed by atoms with Crippen LogP contribution in [0.3, 0.4) is 0 Å². The summed E-state index contributed by atoms with van der Waals surface area (Å²) in [7, 11) is 1.53. The number of rotatable bonds is 4. The van der Waals surface area contributed by atoms with Crippen molar-refractivity contribution in [1.82, 2.24) is 0 Å². The Bertz CT molecular complexity index is 405. The number of methoxy groups -OCH3 is 1. The van der Waals surface area contributed by atoms with Crippen molar-refractivity contribution in [2.75, 3.05) is 7.11 Å². The van der Waals surface area contributed by atoms with Crippen LogP contribution in [0, 0.1) is 18.3 Å². The molecule has 3 heteroatoms. The average Bonchev–Trinajstić information content (AvgIpc) is 2.25. The summed E-state index contributed by atoms with van der Waals surface area (Å²) in [4.78, 5) is 11.7. The van der Waals surface area contributed by atoms with Gasteiger partial charge in [-0.2, -0.15) is 5.26 Å². The zero-order valence-corrected chi connectivity index (χ0v) is 8.91. The summed E-state index contributed by atoms with van der Waals surface area (Å²) in [5.74, 6) is 0.528. The number of Topliss-reactive ketones (excluding diaryl/α,β-unsaturated/α-hetero) is 1. The topological polar surface area (TPSA) is 50.1 Å². The minimum Gasteiger partial charge on any atom is -0.496 e. The lowest BCUT2D eigenvalue weighted by Crippen LogP contribution is -2.02. The lowest BCUT2D eigenvalue weighted by atomic mass is 10.0. The van der Waals surface area contributed by atoms with Gasteiger partial charge in [-0.25, -0.2) is 0 Å². The lowest BCUT2D eigenvalue weighted by molar-refractivity contribution is 0.0981. The van der Waals surface area contributed by atoms with Gasteiger partial charge in [0.1, 0.15) is 5.75 Å². The van der Waals surface area contributed by atoms with Gasteiger partial charge in [-0.15, -0.1) is 0 Å². The van der Waals surface area contributed by atoms with Crippen LogP contribution in [0.1, 0.15) is 28.8 Å². The number of benzene rings is 1. The molecule has 0 aliphatic carbocycles. The van der Waals surface area contributed by atoms with E-state index in [1.807, 2.05) is 19.1 Å². The Morgan fingerprint density at radius 3 is 2.87 bits per heavy atom. The third-order valence-electron chi connectivity index (χ3n) is 2.12. The van der Waals surface area contributed by atoms with Gasteiger partial charge in [0, 0.05) is 12.8 Å². The summed E-state index contributed by atoms with van der Waals surface area (Å²) in [5.41, 5.74) is 1.57. The highest BCUT2D eigenvalue weighted by Gasteiger charge is 2.11. The Balaban J connectivity index is 2.96. The predicted molar refractivity (Wildman–Crippen MR) is 56.9 cm³/mol. The summed E-state index contributed by atoms with van der Waals surface area (Å²) in [5, 5.41) is 8.41. The van der Waals surface area contributed by atoms with E-state index in [1.54, 1.807) is 12.1 Å². The molecule has 0 saturated heterocycles. The van der Waals surface area contributed by atoms with E-state index in [1.165, 1.54) is 7.11 Å². The molecule has 0 saturated carbocycles. The summed E-state index contributed by atoms with van der Waals surface area (Å²) in [6, 6.07) is 7.41. The molecule has 0 aliphatic rings. The second-order valence-corrected chi connectivity index (χ2v) is 3.29. The van der Waals surface area contributed by atoms with E-state index in [0.29, 0.717) is 11.3 Å². The molecule has 1 rings (SSSR count). The summed E-state index contributed by atoms with van der Waals surface area (Å²) >= 11 is 0. The number of nitriles is 1. The molecule has 0 bridgehead atoms. The van der Waals surface area contributed by atoms with Crippen LogP contribution >= 0.6 is 0 Å². The van der Waals surface area contributed by atoms with E-state index in [9.17, 15) is 4.79 Å². The molecule has 78 valence electrons. The molecule has 1 aromatic rings. The Labute approximate surface area is 89.3 Å². The first kappa shape index (κ1) is 11.3. The van der Waals surface area contributed by atoms with Crippen molar-refractivity contribution in [2.24, 2.45) is 0 Å². The quantitative estimate of drug-likeness (QED) is 0.706. The number of ketones is 1. The van der Waals surface area contributed by atoms with Crippen molar-refractivity contribution in [3.8, 4) is 11.8 Å². The third-order valence-corrected chi connectivity index (χ3v) is 2.12. The van der Waals surface area contributed by atoms with Gasteiger partial charge in [0.05, 0.1) is 18.7 Å². The average molecular weight is 203 g/mol. The van der Waals surface area contributed by atoms with Crippen LogP contribution in [-0.4, -0.2) is 12.9 Å². The number of ether oxygens (including phenoxy) is 1. The van der Waals surface area contributed by atoms with Crippen LogP contribution < -0.4 is 4.74 Å². The van der Waals surface area contributed by atoms with E-state index >= 15 is 0 Å². The first-order chi connectivity index (χ1) is 7.19. The first-order valence-electron chi connectivity index (χ1n) is 4.74. The largest absolute Gasteiger partial charge is 0.496 e. The highest BCUT2D eigenvalue weighted by atomic mass is 16.5. The third kappa shape index (κ3) is 2.81. The SMILES string of the molecule is COc1ccc(C)cc1C(=O)CCC#N. The maximum atomic E-state index is 11.7. The molecule has 0 fully saturated rings. The van der Waals surface area contributed by atoms with Gasteiger partial charge < -0.3 is 4.74 Å². The van der Waals surface area contributed by atoms with Gasteiger partial charge in [0.15, 0.2) is 5.78 Å². The number of carbonyl (C=O) groups is 1. The molecule has 1 aromatic carbocycles. The van der Waals surface area contributed by atoms with Crippen molar-refractivity contribution < 1.29 is 9.53 Å². The van der Waals surface area contributed by atoms with Crippen molar-refractivity contribution in [3.63, 3.8) is 0 Å². The minimum absolute atomic E-state index is 0.0444. The number of aryl methyl sites for hydroxylation is 1. The number of nitrogens with zero attached hydrogens (tertiary/aromatic N) is 1. The fraction of sp³-hybridized carbons (Fsp3) is 0.333. The van der Waals surface area contributed by atoms with Crippen molar-refractivity contribution in [1.29, 1.82) is 5.26 Å². The van der Waals surface area contributed by atoms with E-state index < -0.39 is 0 Å². The van der Waals surface area contributed by atoms with Crippen LogP contribution in [0.5, 0.6) is 5.75 Å². The molecule has 0 amide bonds.